The molecule has 0 saturated heterocycles. The molecule has 0 aliphatic heterocycles. The molecule has 1 aromatic carbocycles. The third kappa shape index (κ3) is 3.19. The number of hydrogen-bond donors (Lipinski definition) is 1. The fourth-order valence-electron chi connectivity index (χ4n) is 1.98. The molecule has 6 heteroatoms. The molecule has 0 fully saturated rings. The summed E-state index contributed by atoms with van der Waals surface area (Å²) in [6.07, 6.45) is -0.192. The van der Waals surface area contributed by atoms with Crippen LogP contribution in [-0.4, -0.2) is 9.55 Å². The quantitative estimate of drug-likeness (QED) is 0.935. The highest BCUT2D eigenvalue weighted by atomic mass is 19.4. The Hall–Kier alpha value is -1.82. The Balaban J connectivity index is 2.17. The van der Waals surface area contributed by atoms with Gasteiger partial charge < -0.3 is 10.3 Å². The lowest BCUT2D eigenvalue weighted by Gasteiger charge is -2.13. The lowest BCUT2D eigenvalue weighted by Crippen LogP contribution is -2.14. The first kappa shape index (κ1) is 14.6. The topological polar surface area (TPSA) is 43.8 Å². The first-order valence-electron chi connectivity index (χ1n) is 6.33. The SMILES string of the molecule is CC[C@@H](N)c1cncn1Cc1ccc(C(F)(F)F)cc1. The van der Waals surface area contributed by atoms with Crippen LogP contribution in [0.1, 0.15) is 36.2 Å². The van der Waals surface area contributed by atoms with Crippen molar-refractivity contribution in [2.24, 2.45) is 5.73 Å². The van der Waals surface area contributed by atoms with E-state index in [1.165, 1.54) is 12.1 Å². The molecule has 2 N–H and O–H groups in total. The number of rotatable bonds is 4. The molecule has 2 rings (SSSR count). The summed E-state index contributed by atoms with van der Waals surface area (Å²) < 4.78 is 39.3. The van der Waals surface area contributed by atoms with E-state index in [0.29, 0.717) is 6.54 Å². The van der Waals surface area contributed by atoms with Crippen LogP contribution in [0.4, 0.5) is 13.2 Å². The zero-order chi connectivity index (χ0) is 14.8. The van der Waals surface area contributed by atoms with E-state index in [4.69, 9.17) is 5.73 Å². The highest BCUT2D eigenvalue weighted by Gasteiger charge is 2.29. The van der Waals surface area contributed by atoms with Crippen molar-refractivity contribution < 1.29 is 13.2 Å². The Kier molecular flexibility index (Phi) is 4.13. The third-order valence-electron chi connectivity index (χ3n) is 3.20. The molecule has 0 saturated carbocycles. The van der Waals surface area contributed by atoms with E-state index in [1.807, 2.05) is 11.5 Å². The van der Waals surface area contributed by atoms with Crippen molar-refractivity contribution >= 4 is 0 Å². The van der Waals surface area contributed by atoms with Gasteiger partial charge in [0.05, 0.1) is 17.6 Å². The smallest absolute Gasteiger partial charge is 0.329 e. The maximum absolute atomic E-state index is 12.5. The average Bonchev–Trinajstić information content (AvgIpc) is 2.85. The number of aromatic nitrogens is 2. The maximum atomic E-state index is 12.5. The Morgan fingerprint density at radius 3 is 2.45 bits per heavy atom. The van der Waals surface area contributed by atoms with Gasteiger partial charge in [-0.2, -0.15) is 13.2 Å². The van der Waals surface area contributed by atoms with Crippen molar-refractivity contribution in [2.75, 3.05) is 0 Å². The van der Waals surface area contributed by atoms with E-state index in [-0.39, 0.29) is 6.04 Å². The minimum absolute atomic E-state index is 0.119. The van der Waals surface area contributed by atoms with Crippen molar-refractivity contribution in [2.45, 2.75) is 32.1 Å². The summed E-state index contributed by atoms with van der Waals surface area (Å²) in [6, 6.07) is 5.01. The molecule has 0 amide bonds. The van der Waals surface area contributed by atoms with Crippen molar-refractivity contribution in [3.63, 3.8) is 0 Å². The fraction of sp³-hybridized carbons (Fsp3) is 0.357. The lowest BCUT2D eigenvalue weighted by atomic mass is 10.1. The predicted octanol–water partition coefficient (Wildman–Crippen LogP) is 3.36. The standard InChI is InChI=1S/C14H16F3N3/c1-2-12(18)13-7-19-9-20(13)8-10-3-5-11(6-4-10)14(15,16)17/h3-7,9,12H,2,8,18H2,1H3/t12-/m1/s1. The zero-order valence-corrected chi connectivity index (χ0v) is 11.1. The second-order valence-corrected chi connectivity index (χ2v) is 4.66. The molecule has 0 unspecified atom stereocenters. The van der Waals surface area contributed by atoms with Gasteiger partial charge >= 0.3 is 6.18 Å². The van der Waals surface area contributed by atoms with Crippen LogP contribution in [0.3, 0.4) is 0 Å². The predicted molar refractivity (Wildman–Crippen MR) is 70.0 cm³/mol. The van der Waals surface area contributed by atoms with Crippen LogP contribution >= 0.6 is 0 Å². The number of nitrogens with two attached hydrogens (primary N) is 1. The minimum Gasteiger partial charge on any atom is -0.329 e. The van der Waals surface area contributed by atoms with E-state index in [1.54, 1.807) is 12.5 Å². The van der Waals surface area contributed by atoms with Gasteiger partial charge in [0.2, 0.25) is 0 Å². The number of nitrogens with zero attached hydrogens (tertiary/aromatic N) is 2. The molecule has 3 nitrogen and oxygen atoms in total. The molecule has 0 aliphatic carbocycles. The number of imidazole rings is 1. The molecule has 0 radical (unpaired) electrons. The highest BCUT2D eigenvalue weighted by Crippen LogP contribution is 2.29. The number of alkyl halides is 3. The van der Waals surface area contributed by atoms with Gasteiger partial charge in [-0.15, -0.1) is 0 Å². The molecule has 20 heavy (non-hydrogen) atoms. The second-order valence-electron chi connectivity index (χ2n) is 4.66. The minimum atomic E-state index is -4.30. The normalized spacial score (nSPS) is 13.4. The summed E-state index contributed by atoms with van der Waals surface area (Å²) >= 11 is 0. The molecular formula is C14H16F3N3. The van der Waals surface area contributed by atoms with Gasteiger partial charge in [0.15, 0.2) is 0 Å². The van der Waals surface area contributed by atoms with E-state index < -0.39 is 11.7 Å². The van der Waals surface area contributed by atoms with Gasteiger partial charge in [0, 0.05) is 18.8 Å². The molecule has 1 atom stereocenters. The first-order chi connectivity index (χ1) is 9.41. The highest BCUT2D eigenvalue weighted by molar-refractivity contribution is 5.25. The van der Waals surface area contributed by atoms with E-state index in [2.05, 4.69) is 4.98 Å². The van der Waals surface area contributed by atoms with E-state index in [9.17, 15) is 13.2 Å². The maximum Gasteiger partial charge on any atom is 0.416 e. The van der Waals surface area contributed by atoms with Crippen molar-refractivity contribution in [3.05, 3.63) is 53.6 Å². The second kappa shape index (κ2) is 5.66. The van der Waals surface area contributed by atoms with Crippen LogP contribution in [0.25, 0.3) is 0 Å². The van der Waals surface area contributed by atoms with Gasteiger partial charge in [0.25, 0.3) is 0 Å². The summed E-state index contributed by atoms with van der Waals surface area (Å²) in [5.41, 5.74) is 6.98. The molecule has 0 spiro atoms. The van der Waals surface area contributed by atoms with Gasteiger partial charge in [0.1, 0.15) is 0 Å². The van der Waals surface area contributed by atoms with Crippen LogP contribution in [0.5, 0.6) is 0 Å². The van der Waals surface area contributed by atoms with Crippen molar-refractivity contribution in [3.8, 4) is 0 Å². The van der Waals surface area contributed by atoms with Crippen LogP contribution in [0.15, 0.2) is 36.8 Å². The first-order valence-corrected chi connectivity index (χ1v) is 6.33. The molecule has 1 heterocycles. The summed E-state index contributed by atoms with van der Waals surface area (Å²) in [4.78, 5) is 4.05. The lowest BCUT2D eigenvalue weighted by molar-refractivity contribution is -0.137. The summed E-state index contributed by atoms with van der Waals surface area (Å²) in [5.74, 6) is 0. The monoisotopic (exact) mass is 283 g/mol. The van der Waals surface area contributed by atoms with Crippen LogP contribution < -0.4 is 5.73 Å². The summed E-state index contributed by atoms with van der Waals surface area (Å²) in [5, 5.41) is 0. The van der Waals surface area contributed by atoms with Gasteiger partial charge in [-0.25, -0.2) is 4.98 Å². The average molecular weight is 283 g/mol. The number of hydrogen-bond acceptors (Lipinski definition) is 2. The Labute approximate surface area is 115 Å². The number of halogens is 3. The summed E-state index contributed by atoms with van der Waals surface area (Å²) in [6.45, 7) is 2.43. The molecule has 108 valence electrons. The third-order valence-corrected chi connectivity index (χ3v) is 3.20. The molecular weight excluding hydrogens is 267 g/mol. The largest absolute Gasteiger partial charge is 0.416 e. The fourth-order valence-corrected chi connectivity index (χ4v) is 1.98. The molecule has 0 aliphatic rings. The van der Waals surface area contributed by atoms with E-state index in [0.717, 1.165) is 29.8 Å². The Morgan fingerprint density at radius 2 is 1.90 bits per heavy atom. The van der Waals surface area contributed by atoms with Crippen molar-refractivity contribution in [1.82, 2.24) is 9.55 Å². The molecule has 0 bridgehead atoms. The van der Waals surface area contributed by atoms with Crippen LogP contribution in [-0.2, 0) is 12.7 Å². The Morgan fingerprint density at radius 1 is 1.25 bits per heavy atom. The van der Waals surface area contributed by atoms with Crippen LogP contribution in [0.2, 0.25) is 0 Å². The molecule has 2 aromatic rings. The Bertz CT molecular complexity index is 558. The number of benzene rings is 1. The van der Waals surface area contributed by atoms with Gasteiger partial charge in [-0.3, -0.25) is 0 Å². The van der Waals surface area contributed by atoms with Crippen molar-refractivity contribution in [1.29, 1.82) is 0 Å². The van der Waals surface area contributed by atoms with E-state index >= 15 is 0 Å². The van der Waals surface area contributed by atoms with Gasteiger partial charge in [-0.1, -0.05) is 19.1 Å². The zero-order valence-electron chi connectivity index (χ0n) is 11.1. The van der Waals surface area contributed by atoms with Crippen LogP contribution in [0, 0.1) is 0 Å². The van der Waals surface area contributed by atoms with Gasteiger partial charge in [-0.05, 0) is 24.1 Å². The summed E-state index contributed by atoms with van der Waals surface area (Å²) in [7, 11) is 0. The molecule has 1 aromatic heterocycles.